The maximum Gasteiger partial charge on any atom is 0.227 e. The Morgan fingerprint density at radius 3 is 2.81 bits per heavy atom. The van der Waals surface area contributed by atoms with E-state index in [0.717, 1.165) is 29.5 Å². The topological polar surface area (TPSA) is 32.3 Å². The van der Waals surface area contributed by atoms with Gasteiger partial charge in [0.25, 0.3) is 0 Å². The van der Waals surface area contributed by atoms with Gasteiger partial charge in [-0.05, 0) is 61.8 Å². The molecule has 4 rings (SSSR count). The molecule has 0 spiro atoms. The van der Waals surface area contributed by atoms with E-state index in [0.29, 0.717) is 23.9 Å². The molecular weight excluding hydrogens is 328 g/mol. The van der Waals surface area contributed by atoms with E-state index in [1.165, 1.54) is 31.2 Å². The first-order valence-corrected chi connectivity index (χ1v) is 8.83. The first-order chi connectivity index (χ1) is 10.2. The number of halogens is 1. The number of anilines is 1. The van der Waals surface area contributed by atoms with Gasteiger partial charge in [0.05, 0.1) is 0 Å². The van der Waals surface area contributed by atoms with Crippen molar-refractivity contribution in [2.24, 2.45) is 5.92 Å². The number of nitrogens with one attached hydrogen (secondary N) is 1. The second kappa shape index (κ2) is 5.40. The summed E-state index contributed by atoms with van der Waals surface area (Å²) in [6.45, 7) is 0.850. The lowest BCUT2D eigenvalue weighted by Crippen LogP contribution is -2.40. The third-order valence-corrected chi connectivity index (χ3v) is 5.77. The molecule has 21 heavy (non-hydrogen) atoms. The Balaban J connectivity index is 1.45. The van der Waals surface area contributed by atoms with Crippen LogP contribution in [0.4, 0.5) is 5.69 Å². The second-order valence-electron chi connectivity index (χ2n) is 6.75. The van der Waals surface area contributed by atoms with Gasteiger partial charge in [0.2, 0.25) is 5.91 Å². The molecule has 112 valence electrons. The number of fused-ring (bicyclic) bond motifs is 3. The lowest BCUT2D eigenvalue weighted by Gasteiger charge is -2.30. The minimum Gasteiger partial charge on any atom is -0.312 e. The Morgan fingerprint density at radius 1 is 1.29 bits per heavy atom. The Hall–Kier alpha value is -0.870. The number of rotatable bonds is 2. The van der Waals surface area contributed by atoms with Gasteiger partial charge in [0.1, 0.15) is 0 Å². The number of hydrogen-bond acceptors (Lipinski definition) is 2. The maximum atomic E-state index is 12.7. The zero-order chi connectivity index (χ0) is 14.4. The van der Waals surface area contributed by atoms with Gasteiger partial charge in [-0.15, -0.1) is 0 Å². The van der Waals surface area contributed by atoms with Crippen molar-refractivity contribution >= 4 is 27.5 Å². The summed E-state index contributed by atoms with van der Waals surface area (Å²) < 4.78 is 1.10. The first kappa shape index (κ1) is 13.8. The van der Waals surface area contributed by atoms with Gasteiger partial charge < -0.3 is 10.2 Å². The molecule has 1 aromatic rings. The van der Waals surface area contributed by atoms with E-state index in [2.05, 4.69) is 33.4 Å². The third-order valence-electron chi connectivity index (χ3n) is 5.27. The first-order valence-electron chi connectivity index (χ1n) is 8.04. The third kappa shape index (κ3) is 2.64. The highest BCUT2D eigenvalue weighted by molar-refractivity contribution is 9.10. The van der Waals surface area contributed by atoms with Crippen LogP contribution < -0.4 is 10.2 Å². The van der Waals surface area contributed by atoms with Crippen molar-refractivity contribution in [1.82, 2.24) is 5.32 Å². The highest BCUT2D eigenvalue weighted by atomic mass is 79.9. The van der Waals surface area contributed by atoms with E-state index in [4.69, 9.17) is 0 Å². The Labute approximate surface area is 134 Å². The Bertz CT molecular complexity index is 562. The van der Waals surface area contributed by atoms with Crippen LogP contribution in [0, 0.1) is 5.92 Å². The largest absolute Gasteiger partial charge is 0.312 e. The van der Waals surface area contributed by atoms with Crippen LogP contribution in [0.1, 0.15) is 37.7 Å². The lowest BCUT2D eigenvalue weighted by atomic mass is 9.89. The highest BCUT2D eigenvalue weighted by Gasteiger charge is 2.35. The molecule has 0 aromatic heterocycles. The van der Waals surface area contributed by atoms with E-state index in [1.54, 1.807) is 0 Å². The summed E-state index contributed by atoms with van der Waals surface area (Å²) in [5.41, 5.74) is 2.42. The monoisotopic (exact) mass is 348 g/mol. The number of hydrogen-bond donors (Lipinski definition) is 1. The van der Waals surface area contributed by atoms with Crippen LogP contribution >= 0.6 is 15.9 Å². The molecule has 2 fully saturated rings. The zero-order valence-corrected chi connectivity index (χ0v) is 13.7. The molecule has 0 aliphatic carbocycles. The SMILES string of the molecule is O=C(CC1CC2CCC(C1)N2)N1CCc2cc(Br)ccc21. The average Bonchev–Trinajstić information content (AvgIpc) is 3.01. The molecular formula is C17H21BrN2O. The van der Waals surface area contributed by atoms with Crippen molar-refractivity contribution in [2.45, 2.75) is 50.6 Å². The van der Waals surface area contributed by atoms with Crippen LogP contribution in [0.25, 0.3) is 0 Å². The number of benzene rings is 1. The predicted octanol–water partition coefficient (Wildman–Crippen LogP) is 3.26. The van der Waals surface area contributed by atoms with E-state index < -0.39 is 0 Å². The van der Waals surface area contributed by atoms with Gasteiger partial charge in [-0.2, -0.15) is 0 Å². The quantitative estimate of drug-likeness (QED) is 0.889. The number of piperidine rings is 1. The fourth-order valence-corrected chi connectivity index (χ4v) is 4.74. The molecule has 1 amide bonds. The molecule has 0 radical (unpaired) electrons. The van der Waals surface area contributed by atoms with Crippen molar-refractivity contribution in [3.63, 3.8) is 0 Å². The number of carbonyl (C=O) groups excluding carboxylic acids is 1. The molecule has 2 saturated heterocycles. The van der Waals surface area contributed by atoms with E-state index in [-0.39, 0.29) is 0 Å². The van der Waals surface area contributed by atoms with Crippen molar-refractivity contribution < 1.29 is 4.79 Å². The van der Waals surface area contributed by atoms with Crippen LogP contribution in [0.3, 0.4) is 0 Å². The van der Waals surface area contributed by atoms with Crippen LogP contribution in [-0.4, -0.2) is 24.5 Å². The van der Waals surface area contributed by atoms with E-state index >= 15 is 0 Å². The summed E-state index contributed by atoms with van der Waals surface area (Å²) in [6, 6.07) is 7.60. The fraction of sp³-hybridized carbons (Fsp3) is 0.588. The summed E-state index contributed by atoms with van der Waals surface area (Å²) in [5.74, 6) is 0.901. The summed E-state index contributed by atoms with van der Waals surface area (Å²) in [7, 11) is 0. The highest BCUT2D eigenvalue weighted by Crippen LogP contribution is 2.35. The molecule has 3 heterocycles. The van der Waals surface area contributed by atoms with Crippen LogP contribution in [0.2, 0.25) is 0 Å². The lowest BCUT2D eigenvalue weighted by molar-refractivity contribution is -0.119. The molecule has 1 aromatic carbocycles. The summed E-state index contributed by atoms with van der Waals surface area (Å²) in [4.78, 5) is 14.7. The smallest absolute Gasteiger partial charge is 0.227 e. The molecule has 3 aliphatic rings. The normalized spacial score (nSPS) is 30.5. The van der Waals surface area contributed by atoms with E-state index in [1.807, 2.05) is 11.0 Å². The van der Waals surface area contributed by atoms with Crippen molar-refractivity contribution in [2.75, 3.05) is 11.4 Å². The van der Waals surface area contributed by atoms with Gasteiger partial charge >= 0.3 is 0 Å². The molecule has 2 unspecified atom stereocenters. The maximum absolute atomic E-state index is 12.7. The van der Waals surface area contributed by atoms with Crippen molar-refractivity contribution in [1.29, 1.82) is 0 Å². The van der Waals surface area contributed by atoms with Gasteiger partial charge in [-0.1, -0.05) is 15.9 Å². The van der Waals surface area contributed by atoms with Crippen molar-refractivity contribution in [3.8, 4) is 0 Å². The van der Waals surface area contributed by atoms with Crippen LogP contribution in [0.5, 0.6) is 0 Å². The standard InChI is InChI=1S/C17H21BrN2O/c18-13-1-4-16-12(10-13)5-6-20(16)17(21)9-11-7-14-2-3-15(8-11)19-14/h1,4,10-11,14-15,19H,2-3,5-9H2. The summed E-state index contributed by atoms with van der Waals surface area (Å²) >= 11 is 3.51. The Morgan fingerprint density at radius 2 is 2.05 bits per heavy atom. The van der Waals surface area contributed by atoms with E-state index in [9.17, 15) is 4.79 Å². The van der Waals surface area contributed by atoms with Gasteiger partial charge in [0.15, 0.2) is 0 Å². The van der Waals surface area contributed by atoms with Gasteiger partial charge in [-0.25, -0.2) is 0 Å². The minimum atomic E-state index is 0.322. The molecule has 2 bridgehead atoms. The molecule has 3 nitrogen and oxygen atoms in total. The number of amides is 1. The summed E-state index contributed by atoms with van der Waals surface area (Å²) in [5, 5.41) is 3.65. The Kier molecular flexibility index (Phi) is 3.54. The van der Waals surface area contributed by atoms with Gasteiger partial charge in [-0.3, -0.25) is 4.79 Å². The molecule has 3 aliphatic heterocycles. The molecule has 1 N–H and O–H groups in total. The molecule has 4 heteroatoms. The average molecular weight is 349 g/mol. The summed E-state index contributed by atoms with van der Waals surface area (Å²) in [6.07, 6.45) is 6.68. The van der Waals surface area contributed by atoms with Gasteiger partial charge in [0, 0.05) is 35.2 Å². The van der Waals surface area contributed by atoms with Crippen LogP contribution in [-0.2, 0) is 11.2 Å². The van der Waals surface area contributed by atoms with Crippen LogP contribution in [0.15, 0.2) is 22.7 Å². The number of nitrogens with zero attached hydrogens (tertiary/aromatic N) is 1. The zero-order valence-electron chi connectivity index (χ0n) is 12.1. The number of carbonyl (C=O) groups is 1. The van der Waals surface area contributed by atoms with Crippen molar-refractivity contribution in [3.05, 3.63) is 28.2 Å². The molecule has 0 saturated carbocycles. The fourth-order valence-electron chi connectivity index (χ4n) is 4.33. The molecule has 2 atom stereocenters. The predicted molar refractivity (Wildman–Crippen MR) is 87.5 cm³/mol. The second-order valence-corrected chi connectivity index (χ2v) is 7.66. The minimum absolute atomic E-state index is 0.322.